The van der Waals surface area contributed by atoms with Crippen molar-refractivity contribution in [1.29, 1.82) is 0 Å². The smallest absolute Gasteiger partial charge is 0.312 e. The molecular weight excluding hydrogens is 258 g/mol. The van der Waals surface area contributed by atoms with Gasteiger partial charge in [-0.1, -0.05) is 0 Å². The Hall–Kier alpha value is -2.15. The van der Waals surface area contributed by atoms with E-state index in [-0.39, 0.29) is 11.2 Å². The largest absolute Gasteiger partial charge is 0.330 e. The van der Waals surface area contributed by atoms with Gasteiger partial charge in [0.2, 0.25) is 0 Å². The second kappa shape index (κ2) is 5.87. The molecule has 0 aromatic carbocycles. The predicted molar refractivity (Wildman–Crippen MR) is 75.5 cm³/mol. The molecule has 2 rings (SSSR count). The summed E-state index contributed by atoms with van der Waals surface area (Å²) in [5.41, 5.74) is 1.17. The first-order valence-corrected chi connectivity index (χ1v) is 6.43. The molecule has 0 unspecified atom stereocenters. The third-order valence-electron chi connectivity index (χ3n) is 3.18. The third kappa shape index (κ3) is 3.05. The lowest BCUT2D eigenvalue weighted by Crippen LogP contribution is -2.39. The molecule has 0 saturated carbocycles. The monoisotopic (exact) mass is 277 g/mol. The van der Waals surface area contributed by atoms with Crippen LogP contribution in [0.1, 0.15) is 11.1 Å². The van der Waals surface area contributed by atoms with Gasteiger partial charge in [-0.15, -0.1) is 0 Å². The van der Waals surface area contributed by atoms with E-state index in [0.29, 0.717) is 12.1 Å². The molecule has 0 amide bonds. The Labute approximate surface area is 116 Å². The molecule has 0 aliphatic carbocycles. The van der Waals surface area contributed by atoms with Crippen LogP contribution in [0.4, 0.5) is 0 Å². The molecule has 108 valence electrons. The van der Waals surface area contributed by atoms with E-state index >= 15 is 0 Å². The normalized spacial score (nSPS) is 10.9. The highest BCUT2D eigenvalue weighted by molar-refractivity contribution is 5.06. The lowest BCUT2D eigenvalue weighted by molar-refractivity contribution is 0.630. The maximum absolute atomic E-state index is 11.9. The number of hydrogen-bond acceptors (Lipinski definition) is 4. The second-order valence-electron chi connectivity index (χ2n) is 4.86. The van der Waals surface area contributed by atoms with Crippen LogP contribution in [0.2, 0.25) is 0 Å². The first kappa shape index (κ1) is 14.3. The van der Waals surface area contributed by atoms with Crippen molar-refractivity contribution in [1.82, 2.24) is 24.2 Å². The number of nitrogens with one attached hydrogen (secondary N) is 1. The van der Waals surface area contributed by atoms with Crippen LogP contribution in [0.15, 0.2) is 28.2 Å². The molecule has 2 aromatic heterocycles. The van der Waals surface area contributed by atoms with Crippen molar-refractivity contribution in [2.45, 2.75) is 13.0 Å². The van der Waals surface area contributed by atoms with Crippen LogP contribution in [0.5, 0.6) is 0 Å². The fourth-order valence-electron chi connectivity index (χ4n) is 2.06. The first-order chi connectivity index (χ1) is 9.49. The van der Waals surface area contributed by atoms with Gasteiger partial charge in [0, 0.05) is 45.6 Å². The summed E-state index contributed by atoms with van der Waals surface area (Å²) in [6.07, 6.45) is 6.22. The van der Waals surface area contributed by atoms with Crippen molar-refractivity contribution in [2.24, 2.45) is 21.1 Å². The zero-order chi connectivity index (χ0) is 14.7. The lowest BCUT2D eigenvalue weighted by atomic mass is 10.2. The summed E-state index contributed by atoms with van der Waals surface area (Å²) in [6.45, 7) is 1.19. The van der Waals surface area contributed by atoms with Gasteiger partial charge in [0.15, 0.2) is 0 Å². The van der Waals surface area contributed by atoms with Crippen molar-refractivity contribution in [3.8, 4) is 0 Å². The zero-order valence-corrected chi connectivity index (χ0v) is 12.0. The van der Waals surface area contributed by atoms with Crippen molar-refractivity contribution in [3.05, 3.63) is 50.6 Å². The molecule has 20 heavy (non-hydrogen) atoms. The fraction of sp³-hybridized carbons (Fsp3) is 0.462. The zero-order valence-electron chi connectivity index (χ0n) is 12.0. The highest BCUT2D eigenvalue weighted by atomic mass is 16.2. The van der Waals surface area contributed by atoms with Gasteiger partial charge in [-0.2, -0.15) is 5.10 Å². The van der Waals surface area contributed by atoms with Gasteiger partial charge in [-0.3, -0.25) is 14.0 Å². The molecule has 0 fully saturated rings. The number of aromatic nitrogens is 4. The number of rotatable bonds is 5. The van der Waals surface area contributed by atoms with Crippen LogP contribution in [-0.2, 0) is 34.1 Å². The summed E-state index contributed by atoms with van der Waals surface area (Å²) in [6, 6.07) is 0. The molecule has 1 N–H and O–H groups in total. The molecule has 2 aromatic rings. The Balaban J connectivity index is 1.95. The minimum absolute atomic E-state index is 0.248. The van der Waals surface area contributed by atoms with E-state index in [1.165, 1.54) is 11.6 Å². The van der Waals surface area contributed by atoms with Gasteiger partial charge >= 0.3 is 5.69 Å². The molecule has 0 spiro atoms. The molecule has 7 nitrogen and oxygen atoms in total. The summed E-state index contributed by atoms with van der Waals surface area (Å²) in [5, 5.41) is 7.31. The Kier molecular flexibility index (Phi) is 4.19. The van der Waals surface area contributed by atoms with Crippen LogP contribution in [0, 0.1) is 0 Å². The van der Waals surface area contributed by atoms with E-state index in [4.69, 9.17) is 0 Å². The van der Waals surface area contributed by atoms with Crippen molar-refractivity contribution < 1.29 is 0 Å². The third-order valence-corrected chi connectivity index (χ3v) is 3.18. The Morgan fingerprint density at radius 2 is 1.95 bits per heavy atom. The summed E-state index contributed by atoms with van der Waals surface area (Å²) in [5.74, 6) is 0. The summed E-state index contributed by atoms with van der Waals surface area (Å²) in [4.78, 5) is 23.5. The Bertz CT molecular complexity index is 710. The van der Waals surface area contributed by atoms with Gasteiger partial charge in [-0.25, -0.2) is 4.79 Å². The van der Waals surface area contributed by atoms with Crippen LogP contribution < -0.4 is 16.6 Å². The Morgan fingerprint density at radius 1 is 1.20 bits per heavy atom. The van der Waals surface area contributed by atoms with E-state index in [2.05, 4.69) is 10.4 Å². The summed E-state index contributed by atoms with van der Waals surface area (Å²) >= 11 is 0. The van der Waals surface area contributed by atoms with Gasteiger partial charge in [0.05, 0.1) is 6.20 Å². The van der Waals surface area contributed by atoms with E-state index in [9.17, 15) is 9.59 Å². The topological polar surface area (TPSA) is 73.8 Å². The quantitative estimate of drug-likeness (QED) is 0.723. The number of nitrogens with zero attached hydrogens (tertiary/aromatic N) is 4. The van der Waals surface area contributed by atoms with E-state index in [0.717, 1.165) is 23.1 Å². The fourth-order valence-corrected chi connectivity index (χ4v) is 2.06. The maximum Gasteiger partial charge on any atom is 0.330 e. The van der Waals surface area contributed by atoms with E-state index in [1.807, 2.05) is 19.4 Å². The van der Waals surface area contributed by atoms with Gasteiger partial charge in [-0.05, 0) is 18.5 Å². The molecule has 7 heteroatoms. The van der Waals surface area contributed by atoms with Gasteiger partial charge in [0.1, 0.15) is 0 Å². The first-order valence-electron chi connectivity index (χ1n) is 6.43. The average Bonchev–Trinajstić information content (AvgIpc) is 2.83. The molecule has 0 bridgehead atoms. The summed E-state index contributed by atoms with van der Waals surface area (Å²) < 4.78 is 4.30. The predicted octanol–water partition coefficient (Wildman–Crippen LogP) is -0.850. The van der Waals surface area contributed by atoms with Crippen LogP contribution in [0.25, 0.3) is 0 Å². The molecule has 0 aliphatic heterocycles. The SMILES string of the molecule is Cn1cc(CCNCc2cn(C)c(=O)n(C)c2=O)cn1. The number of hydrogen-bond donors (Lipinski definition) is 1. The minimum atomic E-state index is -0.311. The van der Waals surface area contributed by atoms with Gasteiger partial charge < -0.3 is 9.88 Å². The van der Waals surface area contributed by atoms with Crippen LogP contribution in [-0.4, -0.2) is 25.5 Å². The maximum atomic E-state index is 11.9. The molecule has 0 aliphatic rings. The van der Waals surface area contributed by atoms with Gasteiger partial charge in [0.25, 0.3) is 5.56 Å². The standard InChI is InChI=1S/C13H19N5O2/c1-16-9-11(12(19)18(3)13(16)20)7-14-5-4-10-6-15-17(2)8-10/h6,8-9,14H,4-5,7H2,1-3H3. The molecule has 2 heterocycles. The molecule has 0 saturated heterocycles. The minimum Gasteiger partial charge on any atom is -0.312 e. The number of aryl methyl sites for hydroxylation is 2. The highest BCUT2D eigenvalue weighted by Gasteiger charge is 2.06. The molecule has 0 atom stereocenters. The molecular formula is C13H19N5O2. The average molecular weight is 277 g/mol. The van der Waals surface area contributed by atoms with Crippen LogP contribution >= 0.6 is 0 Å². The Morgan fingerprint density at radius 3 is 2.60 bits per heavy atom. The van der Waals surface area contributed by atoms with Crippen LogP contribution in [0.3, 0.4) is 0 Å². The summed E-state index contributed by atoms with van der Waals surface area (Å²) in [7, 11) is 5.01. The van der Waals surface area contributed by atoms with Crippen molar-refractivity contribution in [2.75, 3.05) is 6.54 Å². The van der Waals surface area contributed by atoms with E-state index < -0.39 is 0 Å². The second-order valence-corrected chi connectivity index (χ2v) is 4.86. The van der Waals surface area contributed by atoms with Crippen molar-refractivity contribution in [3.63, 3.8) is 0 Å². The van der Waals surface area contributed by atoms with E-state index in [1.54, 1.807) is 17.9 Å². The molecule has 0 radical (unpaired) electrons. The lowest BCUT2D eigenvalue weighted by Gasteiger charge is -2.07. The van der Waals surface area contributed by atoms with Crippen molar-refractivity contribution >= 4 is 0 Å². The highest BCUT2D eigenvalue weighted by Crippen LogP contribution is 1.96.